The molecule has 0 aliphatic carbocycles. The number of azo groups is 1. The number of nitrogens with zero attached hydrogens (tertiary/aromatic N) is 2. The molecule has 0 fully saturated rings. The highest BCUT2D eigenvalue weighted by Gasteiger charge is 2.32. The number of aliphatic hydroxyl groups is 1. The number of allylic oxidation sites excluding steroid dienone is 1. The third-order valence-electron chi connectivity index (χ3n) is 2.67. The van der Waals surface area contributed by atoms with Crippen LogP contribution in [-0.2, 0) is 15.7 Å². The maximum atomic E-state index is 12.7. The molecule has 5 nitrogen and oxygen atoms in total. The van der Waals surface area contributed by atoms with Crippen LogP contribution in [0.4, 0.5) is 18.9 Å². The number of hydrogen-bond acceptors (Lipinski definition) is 5. The van der Waals surface area contributed by atoms with Gasteiger partial charge in [-0.25, -0.2) is 4.79 Å². The van der Waals surface area contributed by atoms with E-state index in [1.165, 1.54) is 0 Å². The van der Waals surface area contributed by atoms with E-state index >= 15 is 0 Å². The molecule has 132 valence electrons. The van der Waals surface area contributed by atoms with Gasteiger partial charge in [-0.15, -0.1) is 10.2 Å². The summed E-state index contributed by atoms with van der Waals surface area (Å²) in [7, 11) is 0. The van der Waals surface area contributed by atoms with Gasteiger partial charge in [-0.3, -0.25) is 0 Å². The molecule has 0 amide bonds. The van der Waals surface area contributed by atoms with Crippen LogP contribution in [0.15, 0.2) is 33.8 Å². The number of ether oxygens (including phenoxy) is 1. The number of halogens is 5. The van der Waals surface area contributed by atoms with Crippen LogP contribution in [0.3, 0.4) is 0 Å². The standard InChI is InChI=1S/C14H13Cl2F3N2O3/c1-3-10(22)12(13(23)24-4-2)21-20-11-8(15)5-7(6-9(11)16)14(17,18)19/h5-6,22H,3-4H2,1-2H3. The van der Waals surface area contributed by atoms with E-state index in [-0.39, 0.29) is 18.7 Å². The Morgan fingerprint density at radius 2 is 1.79 bits per heavy atom. The van der Waals surface area contributed by atoms with Crippen LogP contribution in [0.25, 0.3) is 0 Å². The summed E-state index contributed by atoms with van der Waals surface area (Å²) in [5.41, 5.74) is -1.79. The fourth-order valence-electron chi connectivity index (χ4n) is 1.51. The van der Waals surface area contributed by atoms with Gasteiger partial charge in [0.25, 0.3) is 0 Å². The van der Waals surface area contributed by atoms with E-state index in [0.29, 0.717) is 12.1 Å². The smallest absolute Gasteiger partial charge is 0.416 e. The molecule has 1 rings (SSSR count). The SMILES string of the molecule is CCOC(=O)C(N=Nc1c(Cl)cc(C(F)(F)F)cc1Cl)=C(O)CC. The molecule has 1 aromatic rings. The van der Waals surface area contributed by atoms with Crippen molar-refractivity contribution in [3.63, 3.8) is 0 Å². The van der Waals surface area contributed by atoms with Crippen LogP contribution in [0, 0.1) is 0 Å². The average molecular weight is 385 g/mol. The fraction of sp³-hybridized carbons (Fsp3) is 0.357. The number of hydrogen-bond donors (Lipinski definition) is 1. The predicted molar refractivity (Wildman–Crippen MR) is 82.6 cm³/mol. The van der Waals surface area contributed by atoms with Crippen LogP contribution in [-0.4, -0.2) is 17.7 Å². The summed E-state index contributed by atoms with van der Waals surface area (Å²) in [6.07, 6.45) is -4.55. The Hall–Kier alpha value is -1.80. The van der Waals surface area contributed by atoms with Crippen molar-refractivity contribution >= 4 is 34.9 Å². The number of benzene rings is 1. The fourth-order valence-corrected chi connectivity index (χ4v) is 2.07. The van der Waals surface area contributed by atoms with E-state index in [2.05, 4.69) is 10.2 Å². The van der Waals surface area contributed by atoms with Crippen LogP contribution in [0.5, 0.6) is 0 Å². The first-order valence-electron chi connectivity index (χ1n) is 6.69. The Morgan fingerprint density at radius 3 is 2.21 bits per heavy atom. The summed E-state index contributed by atoms with van der Waals surface area (Å²) in [6, 6.07) is 1.27. The summed E-state index contributed by atoms with van der Waals surface area (Å²) in [6.45, 7) is 3.15. The van der Waals surface area contributed by atoms with Crippen LogP contribution in [0.1, 0.15) is 25.8 Å². The van der Waals surface area contributed by atoms with Gasteiger partial charge in [-0.2, -0.15) is 13.2 Å². The molecule has 0 aromatic heterocycles. The minimum absolute atomic E-state index is 0.0383. The number of aliphatic hydroxyl groups excluding tert-OH is 1. The van der Waals surface area contributed by atoms with Gasteiger partial charge in [0.2, 0.25) is 5.70 Å². The highest BCUT2D eigenvalue weighted by atomic mass is 35.5. The van der Waals surface area contributed by atoms with Crippen LogP contribution < -0.4 is 0 Å². The van der Waals surface area contributed by atoms with Gasteiger partial charge in [0.05, 0.1) is 22.2 Å². The van der Waals surface area contributed by atoms with Crippen molar-refractivity contribution in [2.45, 2.75) is 26.4 Å². The zero-order chi connectivity index (χ0) is 18.5. The average Bonchev–Trinajstić information content (AvgIpc) is 2.48. The Labute approximate surface area is 145 Å². The van der Waals surface area contributed by atoms with Crippen molar-refractivity contribution in [3.8, 4) is 0 Å². The molecule has 0 aliphatic rings. The zero-order valence-electron chi connectivity index (χ0n) is 12.6. The Balaban J connectivity index is 3.28. The molecule has 0 radical (unpaired) electrons. The second kappa shape index (κ2) is 8.34. The van der Waals surface area contributed by atoms with E-state index in [4.69, 9.17) is 27.9 Å². The summed E-state index contributed by atoms with van der Waals surface area (Å²) in [4.78, 5) is 11.7. The first kappa shape index (κ1) is 20.2. The molecular formula is C14H13Cl2F3N2O3. The summed E-state index contributed by atoms with van der Waals surface area (Å²) >= 11 is 11.5. The largest absolute Gasteiger partial charge is 0.510 e. The molecule has 0 aliphatic heterocycles. The number of rotatable bonds is 5. The van der Waals surface area contributed by atoms with Crippen LogP contribution in [0.2, 0.25) is 10.0 Å². The maximum Gasteiger partial charge on any atom is 0.416 e. The molecular weight excluding hydrogens is 372 g/mol. The van der Waals surface area contributed by atoms with Gasteiger partial charge in [-0.1, -0.05) is 30.1 Å². The third-order valence-corrected chi connectivity index (χ3v) is 3.25. The minimum Gasteiger partial charge on any atom is -0.510 e. The van der Waals surface area contributed by atoms with Crippen LogP contribution >= 0.6 is 23.2 Å². The molecule has 0 saturated heterocycles. The first-order valence-corrected chi connectivity index (χ1v) is 7.44. The lowest BCUT2D eigenvalue weighted by Crippen LogP contribution is -2.08. The molecule has 0 unspecified atom stereocenters. The van der Waals surface area contributed by atoms with E-state index < -0.39 is 39.2 Å². The highest BCUT2D eigenvalue weighted by molar-refractivity contribution is 6.38. The first-order chi connectivity index (χ1) is 11.1. The highest BCUT2D eigenvalue weighted by Crippen LogP contribution is 2.40. The Kier molecular flexibility index (Phi) is 7.04. The second-order valence-electron chi connectivity index (χ2n) is 4.36. The Morgan fingerprint density at radius 1 is 1.25 bits per heavy atom. The molecule has 24 heavy (non-hydrogen) atoms. The lowest BCUT2D eigenvalue weighted by molar-refractivity contribution is -0.139. The van der Waals surface area contributed by atoms with Gasteiger partial charge in [0.15, 0.2) is 0 Å². The summed E-state index contributed by atoms with van der Waals surface area (Å²) < 4.78 is 42.7. The second-order valence-corrected chi connectivity index (χ2v) is 5.17. The summed E-state index contributed by atoms with van der Waals surface area (Å²) in [5.74, 6) is -1.32. The van der Waals surface area contributed by atoms with Crippen molar-refractivity contribution in [2.75, 3.05) is 6.61 Å². The molecule has 0 atom stereocenters. The van der Waals surface area contributed by atoms with Gasteiger partial charge in [0.1, 0.15) is 11.4 Å². The predicted octanol–water partition coefficient (Wildman–Crippen LogP) is 5.84. The summed E-state index contributed by atoms with van der Waals surface area (Å²) in [5, 5.41) is 16.0. The number of carbonyl (C=O) groups is 1. The van der Waals surface area contributed by atoms with Gasteiger partial charge < -0.3 is 9.84 Å². The van der Waals surface area contributed by atoms with Crippen molar-refractivity contribution in [1.29, 1.82) is 0 Å². The molecule has 10 heteroatoms. The lowest BCUT2D eigenvalue weighted by atomic mass is 10.2. The minimum atomic E-state index is -4.63. The molecule has 1 aromatic carbocycles. The van der Waals surface area contributed by atoms with E-state index in [1.54, 1.807) is 13.8 Å². The molecule has 0 heterocycles. The van der Waals surface area contributed by atoms with Crippen molar-refractivity contribution in [1.82, 2.24) is 0 Å². The zero-order valence-corrected chi connectivity index (χ0v) is 14.1. The molecule has 0 bridgehead atoms. The maximum absolute atomic E-state index is 12.7. The molecule has 0 saturated carbocycles. The number of carbonyl (C=O) groups excluding carboxylic acids is 1. The van der Waals surface area contributed by atoms with E-state index in [9.17, 15) is 23.1 Å². The van der Waals surface area contributed by atoms with E-state index in [1.807, 2.05) is 0 Å². The molecule has 1 N–H and O–H groups in total. The van der Waals surface area contributed by atoms with Crippen molar-refractivity contribution in [2.24, 2.45) is 10.2 Å². The van der Waals surface area contributed by atoms with Crippen molar-refractivity contribution in [3.05, 3.63) is 39.2 Å². The third kappa shape index (κ3) is 5.10. The monoisotopic (exact) mass is 384 g/mol. The normalized spacial score (nSPS) is 13.1. The quantitative estimate of drug-likeness (QED) is 0.300. The topological polar surface area (TPSA) is 71.2 Å². The van der Waals surface area contributed by atoms with Gasteiger partial charge in [-0.05, 0) is 19.1 Å². The van der Waals surface area contributed by atoms with Gasteiger partial charge in [0, 0.05) is 6.42 Å². The van der Waals surface area contributed by atoms with Gasteiger partial charge >= 0.3 is 12.1 Å². The van der Waals surface area contributed by atoms with E-state index in [0.717, 1.165) is 0 Å². The lowest BCUT2D eigenvalue weighted by Gasteiger charge is -2.09. The molecule has 0 spiro atoms. The van der Waals surface area contributed by atoms with Crippen molar-refractivity contribution < 1.29 is 27.8 Å². The number of alkyl halides is 3. The number of esters is 1. The Bertz CT molecular complexity index is 665.